The molecule has 1 atom stereocenters. The molecule has 0 rings (SSSR count). The van der Waals surface area contributed by atoms with Gasteiger partial charge in [0.05, 0.1) is 0 Å². The molecule has 0 aliphatic heterocycles. The maximum Gasteiger partial charge on any atom is 0.306 e. The van der Waals surface area contributed by atoms with Gasteiger partial charge in [0.2, 0.25) is 0 Å². The van der Waals surface area contributed by atoms with Gasteiger partial charge in [-0.05, 0) is 96.3 Å². The maximum atomic E-state index is 12.8. The zero-order chi connectivity index (χ0) is 45.8. The fourth-order valence-corrected chi connectivity index (χ4v) is 7.23. The summed E-state index contributed by atoms with van der Waals surface area (Å²) in [6, 6.07) is 0. The molecule has 63 heavy (non-hydrogen) atoms. The Balaban J connectivity index is 4.44. The first-order valence-corrected chi connectivity index (χ1v) is 26.5. The van der Waals surface area contributed by atoms with E-state index in [2.05, 4.69) is 93.7 Å². The molecule has 362 valence electrons. The van der Waals surface area contributed by atoms with Crippen molar-refractivity contribution < 1.29 is 28.6 Å². The van der Waals surface area contributed by atoms with E-state index in [0.29, 0.717) is 19.3 Å². The number of allylic oxidation sites excluding steroid dienone is 12. The molecule has 6 heteroatoms. The molecule has 0 N–H and O–H groups in total. The molecule has 0 aromatic rings. The van der Waals surface area contributed by atoms with E-state index in [1.165, 1.54) is 116 Å². The van der Waals surface area contributed by atoms with Crippen LogP contribution in [-0.2, 0) is 28.6 Å². The monoisotopic (exact) mass is 879 g/mol. The SMILES string of the molecule is CCC=CC=CC=CCCCCCCCCCC(=O)OC(COC(=O)CCCCCCCC=CCC=CCCCCC)COC(=O)CCCCCCCC=CCCCCCCCC. The summed E-state index contributed by atoms with van der Waals surface area (Å²) >= 11 is 0. The lowest BCUT2D eigenvalue weighted by Gasteiger charge is -2.18. The number of ether oxygens (including phenoxy) is 3. The highest BCUT2D eigenvalue weighted by Gasteiger charge is 2.19. The summed E-state index contributed by atoms with van der Waals surface area (Å²) in [7, 11) is 0. The average molecular weight is 879 g/mol. The van der Waals surface area contributed by atoms with Crippen LogP contribution in [0.2, 0.25) is 0 Å². The van der Waals surface area contributed by atoms with Gasteiger partial charge in [0.15, 0.2) is 6.10 Å². The highest BCUT2D eigenvalue weighted by atomic mass is 16.6. The standard InChI is InChI=1S/C57H98O6/c1-4-7-10-13-16-19-22-25-28-31-34-37-40-43-46-49-55(58)61-52-54(63-57(60)51-48-45-42-39-36-33-30-27-24-21-18-15-12-9-6-3)53-62-56(59)50-47-44-41-38-35-32-29-26-23-20-17-14-11-8-5-2/h9,12,15-16,18-19,21,24-26,28-29,54H,4-8,10-11,13-14,17,20,22-23,27,30-53H2,1-3H3. The summed E-state index contributed by atoms with van der Waals surface area (Å²) in [5.74, 6) is -0.920. The van der Waals surface area contributed by atoms with E-state index in [0.717, 1.165) is 96.3 Å². The van der Waals surface area contributed by atoms with Crippen LogP contribution >= 0.6 is 0 Å². The predicted molar refractivity (Wildman–Crippen MR) is 270 cm³/mol. The van der Waals surface area contributed by atoms with E-state index in [1.807, 2.05) is 0 Å². The van der Waals surface area contributed by atoms with Crippen LogP contribution in [-0.4, -0.2) is 37.2 Å². The first-order valence-electron chi connectivity index (χ1n) is 26.5. The molecule has 1 unspecified atom stereocenters. The van der Waals surface area contributed by atoms with Crippen LogP contribution in [0.4, 0.5) is 0 Å². The zero-order valence-electron chi connectivity index (χ0n) is 41.3. The molecular formula is C57H98O6. The van der Waals surface area contributed by atoms with Crippen LogP contribution in [0.1, 0.15) is 252 Å². The van der Waals surface area contributed by atoms with Crippen LogP contribution in [0.5, 0.6) is 0 Å². The van der Waals surface area contributed by atoms with Gasteiger partial charge in [-0.1, -0.05) is 209 Å². The van der Waals surface area contributed by atoms with Crippen molar-refractivity contribution >= 4 is 17.9 Å². The number of carbonyl (C=O) groups is 3. The Labute approximate surface area is 389 Å². The highest BCUT2D eigenvalue weighted by Crippen LogP contribution is 2.14. The summed E-state index contributed by atoms with van der Waals surface area (Å²) < 4.78 is 16.8. The lowest BCUT2D eigenvalue weighted by atomic mass is 10.1. The molecule has 6 nitrogen and oxygen atoms in total. The largest absolute Gasteiger partial charge is 0.462 e. The topological polar surface area (TPSA) is 78.9 Å². The van der Waals surface area contributed by atoms with Crippen LogP contribution in [0.25, 0.3) is 0 Å². The van der Waals surface area contributed by atoms with Crippen molar-refractivity contribution in [2.24, 2.45) is 0 Å². The first kappa shape index (κ1) is 59.9. The molecule has 0 aromatic carbocycles. The Morgan fingerprint density at radius 3 is 1.13 bits per heavy atom. The van der Waals surface area contributed by atoms with Gasteiger partial charge < -0.3 is 14.2 Å². The van der Waals surface area contributed by atoms with Gasteiger partial charge >= 0.3 is 17.9 Å². The predicted octanol–water partition coefficient (Wildman–Crippen LogP) is 17.4. The average Bonchev–Trinajstić information content (AvgIpc) is 3.28. The number of rotatable bonds is 47. The van der Waals surface area contributed by atoms with Crippen molar-refractivity contribution in [2.45, 2.75) is 258 Å². The van der Waals surface area contributed by atoms with Crippen LogP contribution in [0, 0.1) is 0 Å². The molecular weight excluding hydrogens is 781 g/mol. The number of hydrogen-bond donors (Lipinski definition) is 0. The first-order chi connectivity index (χ1) is 31.0. The molecule has 0 bridgehead atoms. The molecule has 0 fully saturated rings. The minimum absolute atomic E-state index is 0.0893. The summed E-state index contributed by atoms with van der Waals surface area (Å²) in [6.07, 6.45) is 64.5. The minimum atomic E-state index is -0.790. The van der Waals surface area contributed by atoms with Gasteiger partial charge in [-0.15, -0.1) is 0 Å². The fraction of sp³-hybridized carbons (Fsp3) is 0.737. The van der Waals surface area contributed by atoms with Crippen molar-refractivity contribution in [1.29, 1.82) is 0 Å². The summed E-state index contributed by atoms with van der Waals surface area (Å²) in [6.45, 7) is 6.45. The van der Waals surface area contributed by atoms with Crippen LogP contribution in [0.15, 0.2) is 72.9 Å². The molecule has 0 saturated carbocycles. The summed E-state index contributed by atoms with van der Waals surface area (Å²) in [5, 5.41) is 0. The highest BCUT2D eigenvalue weighted by molar-refractivity contribution is 5.71. The van der Waals surface area contributed by atoms with E-state index in [9.17, 15) is 14.4 Å². The minimum Gasteiger partial charge on any atom is -0.462 e. The van der Waals surface area contributed by atoms with Gasteiger partial charge in [0.25, 0.3) is 0 Å². The molecule has 0 saturated heterocycles. The van der Waals surface area contributed by atoms with E-state index in [4.69, 9.17) is 14.2 Å². The number of esters is 3. The molecule has 0 aliphatic carbocycles. The molecule has 0 amide bonds. The van der Waals surface area contributed by atoms with Crippen molar-refractivity contribution in [2.75, 3.05) is 13.2 Å². The Bertz CT molecular complexity index is 1190. The molecule has 0 aliphatic rings. The quantitative estimate of drug-likeness (QED) is 0.0199. The van der Waals surface area contributed by atoms with E-state index < -0.39 is 6.10 Å². The number of carbonyl (C=O) groups excluding carboxylic acids is 3. The second-order valence-electron chi connectivity index (χ2n) is 17.5. The lowest BCUT2D eigenvalue weighted by molar-refractivity contribution is -0.167. The Morgan fingerprint density at radius 1 is 0.349 bits per heavy atom. The van der Waals surface area contributed by atoms with Crippen LogP contribution < -0.4 is 0 Å². The van der Waals surface area contributed by atoms with E-state index in [1.54, 1.807) is 0 Å². The van der Waals surface area contributed by atoms with Gasteiger partial charge in [0.1, 0.15) is 13.2 Å². The van der Waals surface area contributed by atoms with Gasteiger partial charge in [-0.25, -0.2) is 0 Å². The van der Waals surface area contributed by atoms with Gasteiger partial charge in [0, 0.05) is 19.3 Å². The Kier molecular flexibility index (Phi) is 48.9. The fourth-order valence-electron chi connectivity index (χ4n) is 7.23. The maximum absolute atomic E-state index is 12.8. The third kappa shape index (κ3) is 49.7. The van der Waals surface area contributed by atoms with Crippen molar-refractivity contribution in [3.8, 4) is 0 Å². The second kappa shape index (κ2) is 51.5. The normalized spacial score (nSPS) is 12.6. The lowest BCUT2D eigenvalue weighted by Crippen LogP contribution is -2.30. The molecule has 0 aromatic heterocycles. The third-order valence-electron chi connectivity index (χ3n) is 11.2. The van der Waals surface area contributed by atoms with Crippen molar-refractivity contribution in [3.05, 3.63) is 72.9 Å². The third-order valence-corrected chi connectivity index (χ3v) is 11.2. The van der Waals surface area contributed by atoms with Crippen molar-refractivity contribution in [3.63, 3.8) is 0 Å². The van der Waals surface area contributed by atoms with Crippen molar-refractivity contribution in [1.82, 2.24) is 0 Å². The second-order valence-corrected chi connectivity index (χ2v) is 17.5. The number of hydrogen-bond acceptors (Lipinski definition) is 6. The van der Waals surface area contributed by atoms with Gasteiger partial charge in [-0.3, -0.25) is 14.4 Å². The zero-order valence-corrected chi connectivity index (χ0v) is 41.3. The summed E-state index contributed by atoms with van der Waals surface area (Å²) in [4.78, 5) is 38.0. The van der Waals surface area contributed by atoms with Crippen LogP contribution in [0.3, 0.4) is 0 Å². The van der Waals surface area contributed by atoms with E-state index in [-0.39, 0.29) is 31.1 Å². The van der Waals surface area contributed by atoms with E-state index >= 15 is 0 Å². The number of unbranched alkanes of at least 4 members (excludes halogenated alkanes) is 26. The summed E-state index contributed by atoms with van der Waals surface area (Å²) in [5.41, 5.74) is 0. The molecule has 0 radical (unpaired) electrons. The molecule has 0 heterocycles. The smallest absolute Gasteiger partial charge is 0.306 e. The Morgan fingerprint density at radius 2 is 0.683 bits per heavy atom. The molecule has 0 spiro atoms. The Hall–Kier alpha value is -3.15. The van der Waals surface area contributed by atoms with Gasteiger partial charge in [-0.2, -0.15) is 0 Å².